The van der Waals surface area contributed by atoms with Gasteiger partial charge in [0, 0.05) is 5.69 Å². The number of carbonyl (C=O) groups is 1. The van der Waals surface area contributed by atoms with Crippen molar-refractivity contribution < 1.29 is 9.90 Å². The van der Waals surface area contributed by atoms with Crippen LogP contribution >= 0.6 is 11.8 Å². The molecule has 0 atom stereocenters. The number of hydrogen-bond donors (Lipinski definition) is 2. The van der Waals surface area contributed by atoms with Gasteiger partial charge in [0.1, 0.15) is 5.75 Å². The minimum atomic E-state index is -0.110. The third-order valence-corrected chi connectivity index (χ3v) is 6.47. The summed E-state index contributed by atoms with van der Waals surface area (Å²) < 4.78 is 0. The Morgan fingerprint density at radius 2 is 1.55 bits per heavy atom. The van der Waals surface area contributed by atoms with E-state index in [0.717, 1.165) is 41.0 Å². The molecular weight excluding hydrogens is 402 g/mol. The predicted molar refractivity (Wildman–Crippen MR) is 136 cm³/mol. The molecule has 3 nitrogen and oxygen atoms in total. The van der Waals surface area contributed by atoms with E-state index in [0.29, 0.717) is 11.5 Å². The molecule has 0 heterocycles. The molecule has 0 aliphatic rings. The van der Waals surface area contributed by atoms with Gasteiger partial charge in [-0.05, 0) is 71.6 Å². The molecule has 4 heteroatoms. The van der Waals surface area contributed by atoms with E-state index in [1.165, 1.54) is 11.1 Å². The zero-order chi connectivity index (χ0) is 23.4. The maximum absolute atomic E-state index is 12.3. The highest BCUT2D eigenvalue weighted by Gasteiger charge is 2.26. The van der Waals surface area contributed by atoms with Crippen molar-refractivity contribution in [1.29, 1.82) is 0 Å². The number of aryl methyl sites for hydroxylation is 3. The first-order chi connectivity index (χ1) is 14.3. The summed E-state index contributed by atoms with van der Waals surface area (Å²) in [6, 6.07) is 10.4. The molecule has 2 N–H and O–H groups in total. The fraction of sp³-hybridized carbons (Fsp3) is 0.519. The number of nitrogens with one attached hydrogen (secondary N) is 1. The van der Waals surface area contributed by atoms with Crippen LogP contribution in [0.2, 0.25) is 0 Å². The molecule has 2 aromatic rings. The van der Waals surface area contributed by atoms with Crippen LogP contribution in [0.4, 0.5) is 5.69 Å². The molecule has 0 aliphatic carbocycles. The van der Waals surface area contributed by atoms with Crippen LogP contribution in [0.1, 0.15) is 75.8 Å². The second-order valence-electron chi connectivity index (χ2n) is 10.6. The van der Waals surface area contributed by atoms with Crippen LogP contribution in [0.25, 0.3) is 0 Å². The number of phenolic OH excluding ortho intramolecular Hbond substituents is 1. The van der Waals surface area contributed by atoms with Gasteiger partial charge in [0.2, 0.25) is 5.91 Å². The van der Waals surface area contributed by atoms with Gasteiger partial charge in [0.15, 0.2) is 0 Å². The van der Waals surface area contributed by atoms with Gasteiger partial charge in [-0.25, -0.2) is 0 Å². The van der Waals surface area contributed by atoms with E-state index >= 15 is 0 Å². The highest BCUT2D eigenvalue weighted by Crippen LogP contribution is 2.40. The number of carbonyl (C=O) groups excluding carboxylic acids is 1. The molecule has 2 aromatic carbocycles. The van der Waals surface area contributed by atoms with E-state index in [-0.39, 0.29) is 16.7 Å². The van der Waals surface area contributed by atoms with Crippen LogP contribution < -0.4 is 5.32 Å². The maximum atomic E-state index is 12.3. The van der Waals surface area contributed by atoms with Crippen molar-refractivity contribution >= 4 is 23.4 Å². The molecule has 0 radical (unpaired) electrons. The number of amides is 1. The largest absolute Gasteiger partial charge is 0.507 e. The van der Waals surface area contributed by atoms with Crippen molar-refractivity contribution in [2.24, 2.45) is 0 Å². The van der Waals surface area contributed by atoms with Crippen molar-refractivity contribution in [3.63, 3.8) is 0 Å². The quantitative estimate of drug-likeness (QED) is 0.459. The van der Waals surface area contributed by atoms with Gasteiger partial charge in [0.25, 0.3) is 0 Å². The topological polar surface area (TPSA) is 49.3 Å². The van der Waals surface area contributed by atoms with Crippen LogP contribution in [-0.2, 0) is 22.0 Å². The molecule has 170 valence electrons. The predicted octanol–water partition coefficient (Wildman–Crippen LogP) is 6.91. The van der Waals surface area contributed by atoms with E-state index in [4.69, 9.17) is 0 Å². The summed E-state index contributed by atoms with van der Waals surface area (Å²) in [5, 5.41) is 13.9. The van der Waals surface area contributed by atoms with Crippen molar-refractivity contribution in [2.45, 2.75) is 79.1 Å². The summed E-state index contributed by atoms with van der Waals surface area (Å²) in [6.07, 6.45) is 1.94. The minimum Gasteiger partial charge on any atom is -0.507 e. The number of thioether (sulfide) groups is 1. The van der Waals surface area contributed by atoms with Crippen LogP contribution in [0.3, 0.4) is 0 Å². The van der Waals surface area contributed by atoms with Gasteiger partial charge in [-0.15, -0.1) is 0 Å². The van der Waals surface area contributed by atoms with Gasteiger partial charge in [-0.1, -0.05) is 71.4 Å². The standard InChI is InChI=1S/C27H39NO2S/c1-18-11-12-23(19(2)14-18)28-24(29)17-31-13-9-10-20-15-21(26(3,4)5)25(30)22(16-20)27(6,7)8/h11-12,14-16,30H,9-10,13,17H2,1-8H3,(H,28,29). The van der Waals surface area contributed by atoms with E-state index in [9.17, 15) is 9.90 Å². The van der Waals surface area contributed by atoms with Crippen molar-refractivity contribution in [3.8, 4) is 5.75 Å². The lowest BCUT2D eigenvalue weighted by Crippen LogP contribution is -2.18. The van der Waals surface area contributed by atoms with E-state index in [1.54, 1.807) is 11.8 Å². The average Bonchev–Trinajstić information content (AvgIpc) is 2.63. The molecule has 0 fully saturated rings. The van der Waals surface area contributed by atoms with Crippen LogP contribution in [0.15, 0.2) is 30.3 Å². The Hall–Kier alpha value is -1.94. The fourth-order valence-corrected chi connectivity index (χ4v) is 4.42. The average molecular weight is 442 g/mol. The summed E-state index contributed by atoms with van der Waals surface area (Å²) in [6.45, 7) is 16.9. The van der Waals surface area contributed by atoms with Gasteiger partial charge in [0.05, 0.1) is 5.75 Å². The molecule has 0 aromatic heterocycles. The first-order valence-corrected chi connectivity index (χ1v) is 12.3. The first kappa shape index (κ1) is 25.3. The summed E-state index contributed by atoms with van der Waals surface area (Å²) >= 11 is 1.67. The highest BCUT2D eigenvalue weighted by atomic mass is 32.2. The monoisotopic (exact) mass is 441 g/mol. The minimum absolute atomic E-state index is 0.0478. The lowest BCUT2D eigenvalue weighted by Gasteiger charge is -2.28. The SMILES string of the molecule is Cc1ccc(NC(=O)CSCCCc2cc(C(C)(C)C)c(O)c(C(C)(C)C)c2)c(C)c1. The maximum Gasteiger partial charge on any atom is 0.234 e. The molecule has 0 spiro atoms. The summed E-state index contributed by atoms with van der Waals surface area (Å²) in [5.41, 5.74) is 6.24. The van der Waals surface area contributed by atoms with Gasteiger partial charge < -0.3 is 10.4 Å². The number of phenols is 1. The molecule has 0 bridgehead atoms. The Morgan fingerprint density at radius 1 is 0.968 bits per heavy atom. The second-order valence-corrected chi connectivity index (χ2v) is 11.7. The zero-order valence-corrected chi connectivity index (χ0v) is 21.3. The third-order valence-electron chi connectivity index (χ3n) is 5.43. The Kier molecular flexibility index (Phi) is 8.27. The normalized spacial score (nSPS) is 12.1. The molecule has 1 amide bonds. The third kappa shape index (κ3) is 7.31. The highest BCUT2D eigenvalue weighted by molar-refractivity contribution is 7.99. The molecule has 31 heavy (non-hydrogen) atoms. The Morgan fingerprint density at radius 3 is 2.06 bits per heavy atom. The summed E-state index contributed by atoms with van der Waals surface area (Å²) in [4.78, 5) is 12.3. The van der Waals surface area contributed by atoms with Gasteiger partial charge >= 0.3 is 0 Å². The number of rotatable bonds is 7. The van der Waals surface area contributed by atoms with Gasteiger partial charge in [-0.3, -0.25) is 4.79 Å². The molecule has 0 saturated heterocycles. The Bertz CT molecular complexity index is 885. The number of benzene rings is 2. The van der Waals surface area contributed by atoms with E-state index in [2.05, 4.69) is 72.0 Å². The van der Waals surface area contributed by atoms with Crippen LogP contribution in [0.5, 0.6) is 5.75 Å². The Labute approximate surface area is 193 Å². The second kappa shape index (κ2) is 10.1. The first-order valence-electron chi connectivity index (χ1n) is 11.1. The van der Waals surface area contributed by atoms with Crippen LogP contribution in [0, 0.1) is 13.8 Å². The number of aromatic hydroxyl groups is 1. The smallest absolute Gasteiger partial charge is 0.234 e. The lowest BCUT2D eigenvalue weighted by atomic mass is 9.78. The molecule has 0 saturated carbocycles. The van der Waals surface area contributed by atoms with Gasteiger partial charge in [-0.2, -0.15) is 11.8 Å². The Balaban J connectivity index is 1.92. The lowest BCUT2D eigenvalue weighted by molar-refractivity contribution is -0.113. The van der Waals surface area contributed by atoms with E-state index in [1.807, 2.05) is 19.1 Å². The summed E-state index contributed by atoms with van der Waals surface area (Å²) in [7, 11) is 0. The van der Waals surface area contributed by atoms with Crippen molar-refractivity contribution in [2.75, 3.05) is 16.8 Å². The zero-order valence-electron chi connectivity index (χ0n) is 20.5. The summed E-state index contributed by atoms with van der Waals surface area (Å²) in [5.74, 6) is 1.87. The number of anilines is 1. The van der Waals surface area contributed by atoms with E-state index < -0.39 is 0 Å². The van der Waals surface area contributed by atoms with Crippen molar-refractivity contribution in [1.82, 2.24) is 0 Å². The number of hydrogen-bond acceptors (Lipinski definition) is 3. The molecular formula is C27H39NO2S. The molecule has 0 aliphatic heterocycles. The van der Waals surface area contributed by atoms with Crippen LogP contribution in [-0.4, -0.2) is 22.5 Å². The fourth-order valence-electron chi connectivity index (χ4n) is 3.67. The molecule has 0 unspecified atom stereocenters. The van der Waals surface area contributed by atoms with Crippen molar-refractivity contribution in [3.05, 3.63) is 58.1 Å². The molecule has 2 rings (SSSR count).